The van der Waals surface area contributed by atoms with Crippen LogP contribution in [0.5, 0.6) is 11.5 Å². The van der Waals surface area contributed by atoms with Crippen LogP contribution in [0.3, 0.4) is 0 Å². The molecule has 0 saturated heterocycles. The number of nitrogen functional groups attached to an aromatic ring is 1. The van der Waals surface area contributed by atoms with Gasteiger partial charge < -0.3 is 15.2 Å². The van der Waals surface area contributed by atoms with Gasteiger partial charge in [-0.1, -0.05) is 12.1 Å². The third-order valence-corrected chi connectivity index (χ3v) is 3.32. The smallest absolute Gasteiger partial charge is 0.160 e. The Morgan fingerprint density at radius 1 is 1.10 bits per heavy atom. The molecule has 3 rings (SSSR count). The van der Waals surface area contributed by atoms with Gasteiger partial charge in [-0.25, -0.2) is 9.67 Å². The van der Waals surface area contributed by atoms with Crippen molar-refractivity contribution in [1.82, 2.24) is 14.8 Å². The molecule has 0 radical (unpaired) electrons. The molecule has 0 aliphatic heterocycles. The number of anilines is 1. The third-order valence-electron chi connectivity index (χ3n) is 3.32. The molecule has 0 aliphatic carbocycles. The average molecular weight is 284 g/mol. The van der Waals surface area contributed by atoms with E-state index in [9.17, 15) is 0 Å². The number of nitrogens with two attached hydrogens (primary N) is 1. The van der Waals surface area contributed by atoms with Gasteiger partial charge in [-0.15, -0.1) is 0 Å². The maximum atomic E-state index is 5.95. The molecule has 6 nitrogen and oxygen atoms in total. The van der Waals surface area contributed by atoms with Gasteiger partial charge in [0.05, 0.1) is 32.3 Å². The lowest BCUT2D eigenvalue weighted by Gasteiger charge is -2.05. The van der Waals surface area contributed by atoms with Crippen LogP contribution < -0.4 is 15.2 Å². The SMILES string of the molecule is COc1ccc(Cn2nc(N)c3cc(OC)cnc32)cc1. The average Bonchev–Trinajstić information content (AvgIpc) is 2.83. The second kappa shape index (κ2) is 5.32. The van der Waals surface area contributed by atoms with Gasteiger partial charge in [-0.3, -0.25) is 0 Å². The van der Waals surface area contributed by atoms with Crippen molar-refractivity contribution in [2.75, 3.05) is 20.0 Å². The second-order valence-corrected chi connectivity index (χ2v) is 4.64. The first-order valence-electron chi connectivity index (χ1n) is 6.50. The first-order chi connectivity index (χ1) is 10.2. The molecule has 2 N–H and O–H groups in total. The van der Waals surface area contributed by atoms with E-state index in [2.05, 4.69) is 10.1 Å². The van der Waals surface area contributed by atoms with Crippen LogP contribution in [0.1, 0.15) is 5.56 Å². The highest BCUT2D eigenvalue weighted by Crippen LogP contribution is 2.24. The molecule has 3 aromatic rings. The highest BCUT2D eigenvalue weighted by atomic mass is 16.5. The third kappa shape index (κ3) is 2.47. The van der Waals surface area contributed by atoms with Gasteiger partial charge in [0.15, 0.2) is 11.5 Å². The van der Waals surface area contributed by atoms with E-state index in [0.29, 0.717) is 18.1 Å². The van der Waals surface area contributed by atoms with Crippen LogP contribution >= 0.6 is 0 Å². The van der Waals surface area contributed by atoms with Crippen molar-refractivity contribution < 1.29 is 9.47 Å². The number of hydrogen-bond donors (Lipinski definition) is 1. The summed E-state index contributed by atoms with van der Waals surface area (Å²) in [5.74, 6) is 1.94. The van der Waals surface area contributed by atoms with E-state index in [0.717, 1.165) is 22.3 Å². The van der Waals surface area contributed by atoms with Crippen LogP contribution in [0.2, 0.25) is 0 Å². The van der Waals surface area contributed by atoms with E-state index in [-0.39, 0.29) is 0 Å². The van der Waals surface area contributed by atoms with Crippen LogP contribution in [-0.4, -0.2) is 29.0 Å². The number of nitrogens with zero attached hydrogens (tertiary/aromatic N) is 3. The molecule has 2 aromatic heterocycles. The van der Waals surface area contributed by atoms with Crippen molar-refractivity contribution in [2.45, 2.75) is 6.54 Å². The number of aromatic nitrogens is 3. The standard InChI is InChI=1S/C15H16N4O2/c1-20-11-5-3-10(4-6-11)9-19-15-13(14(16)18-19)7-12(21-2)8-17-15/h3-8H,9H2,1-2H3,(H2,16,18). The Hall–Kier alpha value is -2.76. The highest BCUT2D eigenvalue weighted by molar-refractivity contribution is 5.87. The largest absolute Gasteiger partial charge is 0.497 e. The van der Waals surface area contributed by atoms with Crippen molar-refractivity contribution >= 4 is 16.9 Å². The van der Waals surface area contributed by atoms with E-state index < -0.39 is 0 Å². The molecule has 2 heterocycles. The molecule has 0 bridgehead atoms. The fourth-order valence-corrected chi connectivity index (χ4v) is 2.19. The van der Waals surface area contributed by atoms with Crippen molar-refractivity contribution in [3.63, 3.8) is 0 Å². The fourth-order valence-electron chi connectivity index (χ4n) is 2.19. The summed E-state index contributed by atoms with van der Waals surface area (Å²) in [5, 5.41) is 5.14. The van der Waals surface area contributed by atoms with Crippen molar-refractivity contribution in [3.05, 3.63) is 42.1 Å². The van der Waals surface area contributed by atoms with Gasteiger partial charge in [0, 0.05) is 0 Å². The van der Waals surface area contributed by atoms with E-state index >= 15 is 0 Å². The molecule has 0 unspecified atom stereocenters. The lowest BCUT2D eigenvalue weighted by molar-refractivity contribution is 0.413. The van der Waals surface area contributed by atoms with Crippen LogP contribution in [-0.2, 0) is 6.54 Å². The van der Waals surface area contributed by atoms with Gasteiger partial charge >= 0.3 is 0 Å². The van der Waals surface area contributed by atoms with Gasteiger partial charge in [0.1, 0.15) is 11.5 Å². The highest BCUT2D eigenvalue weighted by Gasteiger charge is 2.11. The van der Waals surface area contributed by atoms with Gasteiger partial charge in [0.2, 0.25) is 0 Å². The topological polar surface area (TPSA) is 75.2 Å². The van der Waals surface area contributed by atoms with E-state index in [1.165, 1.54) is 0 Å². The molecule has 0 amide bonds. The minimum Gasteiger partial charge on any atom is -0.497 e. The molecule has 6 heteroatoms. The molecule has 1 aromatic carbocycles. The fraction of sp³-hybridized carbons (Fsp3) is 0.200. The summed E-state index contributed by atoms with van der Waals surface area (Å²) in [4.78, 5) is 4.37. The molecule has 0 saturated carbocycles. The minimum atomic E-state index is 0.449. The Morgan fingerprint density at radius 2 is 1.81 bits per heavy atom. The van der Waals surface area contributed by atoms with E-state index in [1.807, 2.05) is 30.3 Å². The molecule has 0 aliphatic rings. The van der Waals surface area contributed by atoms with Crippen LogP contribution in [0, 0.1) is 0 Å². The minimum absolute atomic E-state index is 0.449. The summed E-state index contributed by atoms with van der Waals surface area (Å²) in [6.07, 6.45) is 1.66. The summed E-state index contributed by atoms with van der Waals surface area (Å²) in [5.41, 5.74) is 7.79. The molecule has 0 fully saturated rings. The monoisotopic (exact) mass is 284 g/mol. The zero-order chi connectivity index (χ0) is 14.8. The number of hydrogen-bond acceptors (Lipinski definition) is 5. The molecule has 21 heavy (non-hydrogen) atoms. The number of fused-ring (bicyclic) bond motifs is 1. The van der Waals surface area contributed by atoms with Gasteiger partial charge in [-0.05, 0) is 23.8 Å². The Morgan fingerprint density at radius 3 is 2.48 bits per heavy atom. The molecule has 0 atom stereocenters. The maximum Gasteiger partial charge on any atom is 0.160 e. The maximum absolute atomic E-state index is 5.95. The Kier molecular flexibility index (Phi) is 3.35. The summed E-state index contributed by atoms with van der Waals surface area (Å²) >= 11 is 0. The number of ether oxygens (including phenoxy) is 2. The van der Waals surface area contributed by atoms with Gasteiger partial charge in [0.25, 0.3) is 0 Å². The summed E-state index contributed by atoms with van der Waals surface area (Å²) in [6, 6.07) is 9.66. The predicted octanol–water partition coefficient (Wildman–Crippen LogP) is 2.08. The summed E-state index contributed by atoms with van der Waals surface area (Å²) in [6.45, 7) is 0.594. The molecular formula is C15H16N4O2. The number of rotatable bonds is 4. The van der Waals surface area contributed by atoms with Crippen LogP contribution in [0.25, 0.3) is 11.0 Å². The lowest BCUT2D eigenvalue weighted by atomic mass is 10.2. The molecule has 108 valence electrons. The molecular weight excluding hydrogens is 268 g/mol. The summed E-state index contributed by atoms with van der Waals surface area (Å²) in [7, 11) is 3.24. The normalized spacial score (nSPS) is 10.8. The Bertz CT molecular complexity index is 765. The second-order valence-electron chi connectivity index (χ2n) is 4.64. The predicted molar refractivity (Wildman–Crippen MR) is 80.6 cm³/mol. The van der Waals surface area contributed by atoms with Crippen LogP contribution in [0.4, 0.5) is 5.82 Å². The lowest BCUT2D eigenvalue weighted by Crippen LogP contribution is -2.03. The zero-order valence-corrected chi connectivity index (χ0v) is 11.9. The first kappa shape index (κ1) is 13.2. The number of pyridine rings is 1. The molecule has 0 spiro atoms. The van der Waals surface area contributed by atoms with Crippen molar-refractivity contribution in [1.29, 1.82) is 0 Å². The number of benzene rings is 1. The van der Waals surface area contributed by atoms with Crippen LogP contribution in [0.15, 0.2) is 36.5 Å². The quantitative estimate of drug-likeness (QED) is 0.794. The Labute approximate surface area is 122 Å². The zero-order valence-electron chi connectivity index (χ0n) is 11.9. The van der Waals surface area contributed by atoms with Gasteiger partial charge in [-0.2, -0.15) is 5.10 Å². The van der Waals surface area contributed by atoms with E-state index in [4.69, 9.17) is 15.2 Å². The Balaban J connectivity index is 1.96. The summed E-state index contributed by atoms with van der Waals surface area (Å²) < 4.78 is 12.1. The van der Waals surface area contributed by atoms with E-state index in [1.54, 1.807) is 25.1 Å². The van der Waals surface area contributed by atoms with Crippen molar-refractivity contribution in [3.8, 4) is 11.5 Å². The first-order valence-corrected chi connectivity index (χ1v) is 6.50. The van der Waals surface area contributed by atoms with Crippen molar-refractivity contribution in [2.24, 2.45) is 0 Å². The number of methoxy groups -OCH3 is 2.